The molecule has 0 radical (unpaired) electrons. The highest BCUT2D eigenvalue weighted by molar-refractivity contribution is 7.08. The first-order chi connectivity index (χ1) is 13.0. The number of ether oxygens (including phenoxy) is 1. The Hall–Kier alpha value is -1.86. The molecule has 1 N–H and O–H groups in total. The molecule has 1 aromatic heterocycles. The van der Waals surface area contributed by atoms with Gasteiger partial charge in [-0.25, -0.2) is 0 Å². The topological polar surface area (TPSA) is 21.3 Å². The summed E-state index contributed by atoms with van der Waals surface area (Å²) in [5.74, 6) is 6.27. The van der Waals surface area contributed by atoms with Gasteiger partial charge in [0.2, 0.25) is 0 Å². The van der Waals surface area contributed by atoms with E-state index in [9.17, 15) is 0 Å². The number of benzene rings is 1. The van der Waals surface area contributed by atoms with Gasteiger partial charge in [-0.3, -0.25) is 0 Å². The minimum Gasteiger partial charge on any atom is -0.381 e. The number of nitrogens with one attached hydrogen (secondary N) is 1. The van der Waals surface area contributed by atoms with Gasteiger partial charge in [0, 0.05) is 18.6 Å². The molecule has 1 aromatic carbocycles. The van der Waals surface area contributed by atoms with Crippen LogP contribution >= 0.6 is 11.3 Å². The highest BCUT2D eigenvalue weighted by Crippen LogP contribution is 2.23. The number of thiophene rings is 1. The van der Waals surface area contributed by atoms with E-state index >= 15 is 0 Å². The molecule has 1 heterocycles. The fourth-order valence-corrected chi connectivity index (χ4v) is 3.15. The van der Waals surface area contributed by atoms with E-state index < -0.39 is 0 Å². The van der Waals surface area contributed by atoms with Crippen molar-refractivity contribution in [1.82, 2.24) is 5.32 Å². The van der Waals surface area contributed by atoms with Gasteiger partial charge in [-0.15, -0.1) is 0 Å². The van der Waals surface area contributed by atoms with Crippen molar-refractivity contribution in [2.45, 2.75) is 33.6 Å². The van der Waals surface area contributed by atoms with Crippen LogP contribution in [0, 0.1) is 17.3 Å². The molecule has 0 saturated heterocycles. The fraction of sp³-hybridized carbons (Fsp3) is 0.417. The summed E-state index contributed by atoms with van der Waals surface area (Å²) in [4.78, 5) is 0. The summed E-state index contributed by atoms with van der Waals surface area (Å²) >= 11 is 1.74. The van der Waals surface area contributed by atoms with Crippen molar-refractivity contribution in [2.75, 3.05) is 26.3 Å². The van der Waals surface area contributed by atoms with Gasteiger partial charge < -0.3 is 10.1 Å². The Balaban J connectivity index is 1.52. The van der Waals surface area contributed by atoms with Gasteiger partial charge in [0.15, 0.2) is 0 Å². The molecule has 27 heavy (non-hydrogen) atoms. The van der Waals surface area contributed by atoms with Crippen molar-refractivity contribution in [3.05, 3.63) is 58.8 Å². The van der Waals surface area contributed by atoms with Crippen LogP contribution < -0.4 is 5.32 Å². The number of hydrogen-bond donors (Lipinski definition) is 1. The molecule has 0 fully saturated rings. The van der Waals surface area contributed by atoms with Gasteiger partial charge in [-0.05, 0) is 79.8 Å². The molecule has 2 rings (SSSR count). The van der Waals surface area contributed by atoms with Gasteiger partial charge >= 0.3 is 0 Å². The van der Waals surface area contributed by atoms with E-state index in [1.807, 2.05) is 6.08 Å². The molecule has 0 aliphatic heterocycles. The predicted molar refractivity (Wildman–Crippen MR) is 118 cm³/mol. The highest BCUT2D eigenvalue weighted by atomic mass is 32.1. The molecule has 0 amide bonds. The lowest BCUT2D eigenvalue weighted by molar-refractivity contribution is 0.135. The maximum absolute atomic E-state index is 5.77. The molecule has 2 nitrogen and oxygen atoms in total. The molecule has 0 spiro atoms. The average molecular weight is 382 g/mol. The van der Waals surface area contributed by atoms with E-state index in [-0.39, 0.29) is 5.41 Å². The zero-order chi connectivity index (χ0) is 19.4. The van der Waals surface area contributed by atoms with E-state index in [4.69, 9.17) is 4.74 Å². The molecule has 144 valence electrons. The maximum atomic E-state index is 5.77. The lowest BCUT2D eigenvalue weighted by atomic mass is 9.98. The zero-order valence-corrected chi connectivity index (χ0v) is 17.6. The second-order valence-electron chi connectivity index (χ2n) is 7.55. The summed E-state index contributed by atoms with van der Waals surface area (Å²) in [6, 6.07) is 10.9. The van der Waals surface area contributed by atoms with Crippen molar-refractivity contribution in [1.29, 1.82) is 0 Å². The quantitative estimate of drug-likeness (QED) is 0.430. The number of hydrogen-bond acceptors (Lipinski definition) is 3. The van der Waals surface area contributed by atoms with Gasteiger partial charge in [0.25, 0.3) is 0 Å². The van der Waals surface area contributed by atoms with Gasteiger partial charge in [0.05, 0.1) is 6.61 Å². The number of allylic oxidation sites excluding steroid dienone is 1. The van der Waals surface area contributed by atoms with E-state index in [1.165, 1.54) is 16.7 Å². The van der Waals surface area contributed by atoms with Crippen LogP contribution in [0.2, 0.25) is 0 Å². The standard InChI is InChI=1S/C24H31NOS/c1-24(2,3)13-5-4-6-14-25-15-8-16-26-17-11-21-9-7-10-22(19-21)23-12-18-27-20-23/h4,6-7,9-10,12,18-20,25H,8,11,14-17H2,1-3H3. The summed E-state index contributed by atoms with van der Waals surface area (Å²) in [6.45, 7) is 9.74. The zero-order valence-electron chi connectivity index (χ0n) is 16.8. The second-order valence-corrected chi connectivity index (χ2v) is 8.33. The Bertz CT molecular complexity index is 745. The van der Waals surface area contributed by atoms with Gasteiger partial charge in [-0.1, -0.05) is 42.2 Å². The lowest BCUT2D eigenvalue weighted by Crippen LogP contribution is -2.17. The van der Waals surface area contributed by atoms with Gasteiger partial charge in [-0.2, -0.15) is 11.3 Å². The average Bonchev–Trinajstić information content (AvgIpc) is 3.17. The van der Waals surface area contributed by atoms with Crippen LogP contribution in [0.5, 0.6) is 0 Å². The van der Waals surface area contributed by atoms with Crippen molar-refractivity contribution in [2.24, 2.45) is 5.41 Å². The minimum atomic E-state index is 0.0698. The summed E-state index contributed by atoms with van der Waals surface area (Å²) in [7, 11) is 0. The molecule has 2 aromatic rings. The minimum absolute atomic E-state index is 0.0698. The Morgan fingerprint density at radius 1 is 1.15 bits per heavy atom. The van der Waals surface area contributed by atoms with Crippen LogP contribution in [0.15, 0.2) is 53.2 Å². The van der Waals surface area contributed by atoms with Crippen LogP contribution in [-0.4, -0.2) is 26.3 Å². The van der Waals surface area contributed by atoms with Crippen LogP contribution in [0.1, 0.15) is 32.8 Å². The second kappa shape index (κ2) is 11.8. The first kappa shape index (κ1) is 21.4. The van der Waals surface area contributed by atoms with E-state index in [0.29, 0.717) is 0 Å². The maximum Gasteiger partial charge on any atom is 0.0506 e. The third kappa shape index (κ3) is 9.58. The molecular formula is C24H31NOS. The van der Waals surface area contributed by atoms with E-state index in [0.717, 1.165) is 39.1 Å². The van der Waals surface area contributed by atoms with Crippen molar-refractivity contribution in [3.8, 4) is 23.0 Å². The summed E-state index contributed by atoms with van der Waals surface area (Å²) in [6.07, 6.45) is 5.98. The van der Waals surface area contributed by atoms with Crippen LogP contribution in [0.4, 0.5) is 0 Å². The molecule has 0 saturated carbocycles. The molecular weight excluding hydrogens is 350 g/mol. The van der Waals surface area contributed by atoms with Gasteiger partial charge in [0.1, 0.15) is 0 Å². The first-order valence-electron chi connectivity index (χ1n) is 9.62. The highest BCUT2D eigenvalue weighted by Gasteiger charge is 2.02. The third-order valence-corrected chi connectivity index (χ3v) is 4.55. The Kier molecular flexibility index (Phi) is 9.35. The summed E-state index contributed by atoms with van der Waals surface area (Å²) < 4.78 is 5.77. The Morgan fingerprint density at radius 2 is 2.04 bits per heavy atom. The van der Waals surface area contributed by atoms with Crippen LogP contribution in [-0.2, 0) is 11.2 Å². The Labute approximate surface area is 168 Å². The lowest BCUT2D eigenvalue weighted by Gasteiger charge is -2.06. The smallest absolute Gasteiger partial charge is 0.0506 e. The summed E-state index contributed by atoms with van der Waals surface area (Å²) in [5, 5.41) is 7.69. The Morgan fingerprint density at radius 3 is 2.81 bits per heavy atom. The largest absolute Gasteiger partial charge is 0.381 e. The molecule has 0 aliphatic rings. The van der Waals surface area contributed by atoms with E-state index in [1.54, 1.807) is 11.3 Å². The fourth-order valence-electron chi connectivity index (χ4n) is 2.49. The van der Waals surface area contributed by atoms with Crippen LogP contribution in [0.3, 0.4) is 0 Å². The molecule has 0 unspecified atom stereocenters. The first-order valence-corrected chi connectivity index (χ1v) is 10.6. The molecule has 0 bridgehead atoms. The predicted octanol–water partition coefficient (Wildman–Crippen LogP) is 5.56. The molecule has 0 atom stereocenters. The molecule has 3 heteroatoms. The SMILES string of the molecule is CC(C)(C)C#CC=CCNCCCOCCc1cccc(-c2ccsc2)c1. The number of rotatable bonds is 10. The van der Waals surface area contributed by atoms with Crippen molar-refractivity contribution < 1.29 is 4.74 Å². The van der Waals surface area contributed by atoms with E-state index in [2.05, 4.69) is 85.1 Å². The van der Waals surface area contributed by atoms with Crippen molar-refractivity contribution in [3.63, 3.8) is 0 Å². The van der Waals surface area contributed by atoms with Crippen molar-refractivity contribution >= 4 is 11.3 Å². The monoisotopic (exact) mass is 381 g/mol. The third-order valence-electron chi connectivity index (χ3n) is 3.87. The summed E-state index contributed by atoms with van der Waals surface area (Å²) in [5.41, 5.74) is 3.99. The van der Waals surface area contributed by atoms with Crippen LogP contribution in [0.25, 0.3) is 11.1 Å². The normalized spacial score (nSPS) is 11.5. The molecule has 0 aliphatic carbocycles.